The van der Waals surface area contributed by atoms with Crippen molar-refractivity contribution in [2.75, 3.05) is 26.2 Å². The molecule has 1 N–H and O–H groups in total. The summed E-state index contributed by atoms with van der Waals surface area (Å²) in [6, 6.07) is 10.7. The van der Waals surface area contributed by atoms with Gasteiger partial charge in [-0.25, -0.2) is 4.39 Å². The van der Waals surface area contributed by atoms with Crippen molar-refractivity contribution in [2.45, 2.75) is 24.9 Å². The van der Waals surface area contributed by atoms with Gasteiger partial charge in [-0.15, -0.1) is 0 Å². The van der Waals surface area contributed by atoms with E-state index in [2.05, 4.69) is 0 Å². The van der Waals surface area contributed by atoms with Gasteiger partial charge in [0.2, 0.25) is 0 Å². The van der Waals surface area contributed by atoms with Gasteiger partial charge < -0.3 is 14.9 Å². The molecule has 6 heteroatoms. The van der Waals surface area contributed by atoms with Crippen molar-refractivity contribution >= 4 is 17.9 Å². The van der Waals surface area contributed by atoms with Crippen LogP contribution in [0.5, 0.6) is 0 Å². The van der Waals surface area contributed by atoms with E-state index < -0.39 is 5.60 Å². The van der Waals surface area contributed by atoms with Gasteiger partial charge in [0.25, 0.3) is 11.8 Å². The molecule has 0 unspecified atom stereocenters. The third-order valence-electron chi connectivity index (χ3n) is 6.29. The molecule has 1 saturated carbocycles. The maximum Gasteiger partial charge on any atom is 0.254 e. The fourth-order valence-electron chi connectivity index (χ4n) is 4.22. The van der Waals surface area contributed by atoms with Crippen molar-refractivity contribution in [3.8, 4) is 11.1 Å². The lowest BCUT2D eigenvalue weighted by Gasteiger charge is -2.35. The smallest absolute Gasteiger partial charge is 0.254 e. The maximum absolute atomic E-state index is 14.3. The van der Waals surface area contributed by atoms with Crippen molar-refractivity contribution in [3.63, 3.8) is 0 Å². The summed E-state index contributed by atoms with van der Waals surface area (Å²) in [4.78, 5) is 28.5. The summed E-state index contributed by atoms with van der Waals surface area (Å²) in [5.41, 5.74) is 2.71. The first-order valence-corrected chi connectivity index (χ1v) is 10.3. The molecule has 0 radical (unpaired) electrons. The van der Waals surface area contributed by atoms with Gasteiger partial charge in [0.1, 0.15) is 11.4 Å². The molecule has 0 aromatic heterocycles. The molecule has 2 aromatic rings. The number of rotatable bonds is 3. The van der Waals surface area contributed by atoms with Crippen molar-refractivity contribution < 1.29 is 19.1 Å². The van der Waals surface area contributed by atoms with E-state index in [1.165, 1.54) is 0 Å². The second-order valence-electron chi connectivity index (χ2n) is 8.33. The van der Waals surface area contributed by atoms with E-state index in [0.29, 0.717) is 51.0 Å². The van der Waals surface area contributed by atoms with E-state index in [-0.39, 0.29) is 17.6 Å². The molecule has 154 valence electrons. The van der Waals surface area contributed by atoms with Crippen LogP contribution in [0.4, 0.5) is 4.39 Å². The zero-order chi connectivity index (χ0) is 20.9. The van der Waals surface area contributed by atoms with Gasteiger partial charge >= 0.3 is 0 Å². The Morgan fingerprint density at radius 2 is 1.60 bits per heavy atom. The van der Waals surface area contributed by atoms with Crippen LogP contribution in [0.1, 0.15) is 34.3 Å². The molecule has 2 aromatic carbocycles. The largest absolute Gasteiger partial charge is 0.380 e. The first kappa shape index (κ1) is 19.0. The minimum Gasteiger partial charge on any atom is -0.380 e. The Balaban J connectivity index is 1.26. The molecular formula is C24H23FN2O3. The summed E-state index contributed by atoms with van der Waals surface area (Å²) >= 11 is 0. The van der Waals surface area contributed by atoms with Crippen LogP contribution >= 0.6 is 0 Å². The van der Waals surface area contributed by atoms with Crippen molar-refractivity contribution in [1.82, 2.24) is 9.80 Å². The molecule has 30 heavy (non-hydrogen) atoms. The molecular weight excluding hydrogens is 383 g/mol. The molecule has 2 fully saturated rings. The van der Waals surface area contributed by atoms with Crippen LogP contribution < -0.4 is 0 Å². The van der Waals surface area contributed by atoms with Crippen molar-refractivity contribution in [3.05, 3.63) is 65.0 Å². The highest BCUT2D eigenvalue weighted by molar-refractivity contribution is 5.95. The number of benzene rings is 2. The first-order chi connectivity index (χ1) is 14.4. The van der Waals surface area contributed by atoms with Gasteiger partial charge in [0.05, 0.1) is 0 Å². The molecule has 0 bridgehead atoms. The third-order valence-corrected chi connectivity index (χ3v) is 6.29. The summed E-state index contributed by atoms with van der Waals surface area (Å²) in [5.74, 6) is -0.492. The van der Waals surface area contributed by atoms with Gasteiger partial charge in [-0.3, -0.25) is 9.59 Å². The monoisotopic (exact) mass is 406 g/mol. The molecule has 5 rings (SSSR count). The molecule has 2 aliphatic carbocycles. The average Bonchev–Trinajstić information content (AvgIpc) is 3.34. The van der Waals surface area contributed by atoms with Crippen LogP contribution in [0.15, 0.2) is 42.5 Å². The number of aliphatic hydroxyl groups is 1. The Hall–Kier alpha value is -2.99. The number of allylic oxidation sites excluding steroid dienone is 1. The lowest BCUT2D eigenvalue weighted by molar-refractivity contribution is -0.143. The SMILES string of the molecule is O=C(c1ccc(-c2cc(F)c3c(c2)C=CC3)cc1)N1CCN(C(=O)C2(O)CC2)CC1. The van der Waals surface area contributed by atoms with Gasteiger partial charge in [-0.05, 0) is 65.8 Å². The van der Waals surface area contributed by atoms with Crippen molar-refractivity contribution in [2.24, 2.45) is 0 Å². The Labute approximate surface area is 174 Å². The highest BCUT2D eigenvalue weighted by atomic mass is 19.1. The van der Waals surface area contributed by atoms with Crippen LogP contribution in [-0.2, 0) is 11.2 Å². The van der Waals surface area contributed by atoms with E-state index in [1.54, 1.807) is 28.0 Å². The predicted molar refractivity (Wildman–Crippen MR) is 111 cm³/mol. The Kier molecular flexibility index (Phi) is 4.47. The number of nitrogens with zero attached hydrogens (tertiary/aromatic N) is 2. The maximum atomic E-state index is 14.3. The fraction of sp³-hybridized carbons (Fsp3) is 0.333. The number of hydrogen-bond donors (Lipinski definition) is 1. The van der Waals surface area contributed by atoms with E-state index in [1.807, 2.05) is 30.4 Å². The molecule has 3 aliphatic rings. The number of piperazine rings is 1. The van der Waals surface area contributed by atoms with Gasteiger partial charge in [0.15, 0.2) is 0 Å². The molecule has 5 nitrogen and oxygen atoms in total. The van der Waals surface area contributed by atoms with Crippen LogP contribution in [0.25, 0.3) is 17.2 Å². The van der Waals surface area contributed by atoms with Crippen LogP contribution in [0.2, 0.25) is 0 Å². The highest BCUT2D eigenvalue weighted by Gasteiger charge is 2.50. The normalized spacial score (nSPS) is 19.0. The number of carbonyl (C=O) groups excluding carboxylic acids is 2. The molecule has 0 atom stereocenters. The molecule has 0 spiro atoms. The minimum absolute atomic E-state index is 0.0816. The zero-order valence-electron chi connectivity index (χ0n) is 16.6. The second kappa shape index (κ2) is 7.06. The summed E-state index contributed by atoms with van der Waals surface area (Å²) in [5, 5.41) is 9.99. The molecule has 1 saturated heterocycles. The fourth-order valence-corrected chi connectivity index (χ4v) is 4.22. The van der Waals surface area contributed by atoms with E-state index in [0.717, 1.165) is 22.3 Å². The lowest BCUT2D eigenvalue weighted by atomic mass is 9.99. The van der Waals surface area contributed by atoms with Crippen LogP contribution in [0, 0.1) is 5.82 Å². The van der Waals surface area contributed by atoms with Crippen LogP contribution in [-0.4, -0.2) is 58.5 Å². The number of fused-ring (bicyclic) bond motifs is 1. The van der Waals surface area contributed by atoms with E-state index in [4.69, 9.17) is 0 Å². The standard InChI is InChI=1S/C24H23FN2O3/c25-21-15-19(14-18-2-1-3-20(18)21)16-4-6-17(7-5-16)22(28)26-10-12-27(13-11-26)23(29)24(30)8-9-24/h1-2,4-7,14-15,30H,3,8-13H2. The molecule has 2 amide bonds. The number of carbonyl (C=O) groups is 2. The van der Waals surface area contributed by atoms with Crippen molar-refractivity contribution in [1.29, 1.82) is 0 Å². The topological polar surface area (TPSA) is 60.9 Å². The quantitative estimate of drug-likeness (QED) is 0.853. The number of amides is 2. The predicted octanol–water partition coefficient (Wildman–Crippen LogP) is 2.87. The molecule has 1 heterocycles. The van der Waals surface area contributed by atoms with E-state index >= 15 is 0 Å². The summed E-state index contributed by atoms with van der Waals surface area (Å²) < 4.78 is 14.3. The summed E-state index contributed by atoms with van der Waals surface area (Å²) in [7, 11) is 0. The second-order valence-corrected chi connectivity index (χ2v) is 8.33. The van der Waals surface area contributed by atoms with E-state index in [9.17, 15) is 19.1 Å². The minimum atomic E-state index is -1.16. The number of halogens is 1. The van der Waals surface area contributed by atoms with Gasteiger partial charge in [-0.2, -0.15) is 0 Å². The Bertz CT molecular complexity index is 1050. The summed E-state index contributed by atoms with van der Waals surface area (Å²) in [6.45, 7) is 1.77. The zero-order valence-corrected chi connectivity index (χ0v) is 16.6. The Morgan fingerprint density at radius 3 is 2.27 bits per heavy atom. The number of hydrogen-bond acceptors (Lipinski definition) is 3. The average molecular weight is 406 g/mol. The highest BCUT2D eigenvalue weighted by Crippen LogP contribution is 2.37. The first-order valence-electron chi connectivity index (χ1n) is 10.3. The molecule has 1 aliphatic heterocycles. The van der Waals surface area contributed by atoms with Gasteiger partial charge in [0, 0.05) is 31.7 Å². The van der Waals surface area contributed by atoms with Crippen LogP contribution in [0.3, 0.4) is 0 Å². The lowest BCUT2D eigenvalue weighted by Crippen LogP contribution is -2.53. The summed E-state index contributed by atoms with van der Waals surface area (Å²) in [6.07, 6.45) is 5.58. The van der Waals surface area contributed by atoms with Gasteiger partial charge in [-0.1, -0.05) is 24.3 Å². The third kappa shape index (κ3) is 3.31. The Morgan fingerprint density at radius 1 is 0.933 bits per heavy atom.